The fourth-order valence-corrected chi connectivity index (χ4v) is 1.32. The second-order valence-electron chi connectivity index (χ2n) is 3.57. The smallest absolute Gasteiger partial charge is 0.305 e. The number of rotatable bonds is 8. The number of carbonyl (C=O) groups is 1. The van der Waals surface area contributed by atoms with E-state index in [2.05, 4.69) is 10.7 Å². The normalized spacial score (nSPS) is 11.8. The second-order valence-corrected chi connectivity index (χ2v) is 3.57. The third-order valence-corrected chi connectivity index (χ3v) is 2.28. The van der Waals surface area contributed by atoms with Gasteiger partial charge in [0, 0.05) is 6.42 Å². The van der Waals surface area contributed by atoms with Crippen LogP contribution in [0.25, 0.3) is 0 Å². The predicted molar refractivity (Wildman–Crippen MR) is 59.2 cm³/mol. The van der Waals surface area contributed by atoms with Crippen LogP contribution in [-0.4, -0.2) is 24.3 Å². The maximum absolute atomic E-state index is 10.8. The number of aliphatic hydroxyl groups is 1. The van der Waals surface area contributed by atoms with E-state index < -0.39 is 6.10 Å². The summed E-state index contributed by atoms with van der Waals surface area (Å²) in [4.78, 5) is 10.8. The molecule has 0 saturated carbocycles. The third kappa shape index (κ3) is 9.30. The van der Waals surface area contributed by atoms with Crippen LogP contribution in [0.2, 0.25) is 0 Å². The van der Waals surface area contributed by atoms with Crippen molar-refractivity contribution < 1.29 is 14.6 Å². The molecular formula is C12H20O3. The van der Waals surface area contributed by atoms with E-state index in [1.807, 2.05) is 0 Å². The van der Waals surface area contributed by atoms with Crippen molar-refractivity contribution in [3.8, 4) is 12.3 Å². The van der Waals surface area contributed by atoms with E-state index in [0.29, 0.717) is 12.8 Å². The number of methoxy groups -OCH3 is 1. The van der Waals surface area contributed by atoms with Crippen molar-refractivity contribution in [1.29, 1.82) is 0 Å². The van der Waals surface area contributed by atoms with E-state index in [4.69, 9.17) is 11.5 Å². The van der Waals surface area contributed by atoms with Gasteiger partial charge in [-0.25, -0.2) is 0 Å². The number of esters is 1. The van der Waals surface area contributed by atoms with Crippen LogP contribution in [0.5, 0.6) is 0 Å². The molecule has 0 rings (SSSR count). The summed E-state index contributed by atoms with van der Waals surface area (Å²) in [5, 5.41) is 9.07. The van der Waals surface area contributed by atoms with Crippen molar-refractivity contribution >= 4 is 5.97 Å². The average Bonchev–Trinajstić information content (AvgIpc) is 2.26. The molecule has 0 aromatic heterocycles. The molecule has 0 amide bonds. The Hall–Kier alpha value is -1.01. The highest BCUT2D eigenvalue weighted by Gasteiger charge is 2.00. The monoisotopic (exact) mass is 212 g/mol. The Morgan fingerprint density at radius 2 is 1.93 bits per heavy atom. The molecular weight excluding hydrogens is 192 g/mol. The molecule has 3 nitrogen and oxygen atoms in total. The molecule has 3 heteroatoms. The first-order valence-corrected chi connectivity index (χ1v) is 5.41. The van der Waals surface area contributed by atoms with Gasteiger partial charge in [-0.1, -0.05) is 25.2 Å². The molecule has 0 spiro atoms. The molecule has 0 aliphatic carbocycles. The van der Waals surface area contributed by atoms with Crippen LogP contribution in [0.3, 0.4) is 0 Å². The first kappa shape index (κ1) is 14.0. The molecule has 0 aliphatic heterocycles. The van der Waals surface area contributed by atoms with Crippen molar-refractivity contribution in [2.24, 2.45) is 0 Å². The van der Waals surface area contributed by atoms with Crippen molar-refractivity contribution in [2.75, 3.05) is 7.11 Å². The van der Waals surface area contributed by atoms with E-state index in [1.165, 1.54) is 7.11 Å². The molecule has 0 radical (unpaired) electrons. The summed E-state index contributed by atoms with van der Waals surface area (Å²) >= 11 is 0. The Morgan fingerprint density at radius 1 is 1.33 bits per heavy atom. The molecule has 0 aliphatic rings. The fraction of sp³-hybridized carbons (Fsp3) is 0.750. The minimum Gasteiger partial charge on any atom is -0.469 e. The first-order chi connectivity index (χ1) is 7.20. The Labute approximate surface area is 91.8 Å². The Morgan fingerprint density at radius 3 is 2.53 bits per heavy atom. The minimum atomic E-state index is -0.597. The molecule has 0 aromatic carbocycles. The van der Waals surface area contributed by atoms with E-state index >= 15 is 0 Å². The van der Waals surface area contributed by atoms with E-state index in [-0.39, 0.29) is 5.97 Å². The van der Waals surface area contributed by atoms with Gasteiger partial charge in [0.15, 0.2) is 0 Å². The number of carbonyl (C=O) groups excluding carboxylic acids is 1. The minimum absolute atomic E-state index is 0.141. The third-order valence-electron chi connectivity index (χ3n) is 2.28. The van der Waals surface area contributed by atoms with Gasteiger partial charge in [0.1, 0.15) is 6.10 Å². The summed E-state index contributed by atoms with van der Waals surface area (Å²) in [6.07, 6.45) is 10.6. The number of ether oxygens (including phenoxy) is 1. The van der Waals surface area contributed by atoms with Crippen LogP contribution < -0.4 is 0 Å². The topological polar surface area (TPSA) is 46.5 Å². The summed E-state index contributed by atoms with van der Waals surface area (Å²) in [6.45, 7) is 0. The van der Waals surface area contributed by atoms with Crippen LogP contribution in [0.15, 0.2) is 0 Å². The van der Waals surface area contributed by atoms with Gasteiger partial charge in [-0.3, -0.25) is 4.79 Å². The van der Waals surface area contributed by atoms with Gasteiger partial charge in [-0.2, -0.15) is 0 Å². The second kappa shape index (κ2) is 9.54. The zero-order valence-corrected chi connectivity index (χ0v) is 9.37. The predicted octanol–water partition coefficient (Wildman–Crippen LogP) is 1.88. The molecule has 1 atom stereocenters. The number of aliphatic hydroxyl groups excluding tert-OH is 1. The van der Waals surface area contributed by atoms with E-state index in [1.54, 1.807) is 0 Å². The van der Waals surface area contributed by atoms with Gasteiger partial charge >= 0.3 is 5.97 Å². The lowest BCUT2D eigenvalue weighted by Gasteiger charge is -2.03. The zero-order chi connectivity index (χ0) is 11.5. The highest BCUT2D eigenvalue weighted by Crippen LogP contribution is 2.08. The number of terminal acetylenes is 1. The summed E-state index contributed by atoms with van der Waals surface area (Å²) in [5.74, 6) is 2.14. The van der Waals surface area contributed by atoms with Gasteiger partial charge in [-0.05, 0) is 19.3 Å². The molecule has 0 aromatic rings. The highest BCUT2D eigenvalue weighted by atomic mass is 16.5. The first-order valence-electron chi connectivity index (χ1n) is 5.41. The Kier molecular flexibility index (Phi) is 8.90. The molecule has 1 unspecified atom stereocenters. The zero-order valence-electron chi connectivity index (χ0n) is 9.37. The van der Waals surface area contributed by atoms with Gasteiger partial charge in [0.2, 0.25) is 0 Å². The number of hydrogen-bond donors (Lipinski definition) is 1. The van der Waals surface area contributed by atoms with Crippen molar-refractivity contribution in [3.05, 3.63) is 0 Å². The average molecular weight is 212 g/mol. The van der Waals surface area contributed by atoms with Crippen LogP contribution in [-0.2, 0) is 9.53 Å². The quantitative estimate of drug-likeness (QED) is 0.379. The summed E-state index contributed by atoms with van der Waals surface area (Å²) < 4.78 is 4.53. The van der Waals surface area contributed by atoms with E-state index in [9.17, 15) is 4.79 Å². The SMILES string of the molecule is C#CC(O)CCCCCCCC(=O)OC. The largest absolute Gasteiger partial charge is 0.469 e. The standard InChI is InChI=1S/C12H20O3/c1-3-11(13)9-7-5-4-6-8-10-12(14)15-2/h1,11,13H,4-10H2,2H3. The summed E-state index contributed by atoms with van der Waals surface area (Å²) in [6, 6.07) is 0. The van der Waals surface area contributed by atoms with E-state index in [0.717, 1.165) is 32.1 Å². The van der Waals surface area contributed by atoms with Gasteiger partial charge in [0.05, 0.1) is 7.11 Å². The van der Waals surface area contributed by atoms with Crippen LogP contribution in [0.4, 0.5) is 0 Å². The lowest BCUT2D eigenvalue weighted by atomic mass is 10.1. The van der Waals surface area contributed by atoms with Crippen LogP contribution in [0, 0.1) is 12.3 Å². The molecule has 0 saturated heterocycles. The Bertz CT molecular complexity index is 205. The van der Waals surface area contributed by atoms with Gasteiger partial charge in [-0.15, -0.1) is 6.42 Å². The lowest BCUT2D eigenvalue weighted by Crippen LogP contribution is -2.01. The summed E-state index contributed by atoms with van der Waals surface area (Å²) in [5.41, 5.74) is 0. The lowest BCUT2D eigenvalue weighted by molar-refractivity contribution is -0.140. The fourth-order valence-electron chi connectivity index (χ4n) is 1.32. The molecule has 0 bridgehead atoms. The van der Waals surface area contributed by atoms with Crippen LogP contribution in [0.1, 0.15) is 44.9 Å². The molecule has 15 heavy (non-hydrogen) atoms. The van der Waals surface area contributed by atoms with Crippen LogP contribution >= 0.6 is 0 Å². The van der Waals surface area contributed by atoms with Gasteiger partial charge < -0.3 is 9.84 Å². The molecule has 0 heterocycles. The molecule has 0 fully saturated rings. The number of hydrogen-bond acceptors (Lipinski definition) is 3. The van der Waals surface area contributed by atoms with Crippen molar-refractivity contribution in [2.45, 2.75) is 51.0 Å². The molecule has 86 valence electrons. The summed E-state index contributed by atoms with van der Waals surface area (Å²) in [7, 11) is 1.41. The maximum atomic E-state index is 10.8. The van der Waals surface area contributed by atoms with Gasteiger partial charge in [0.25, 0.3) is 0 Å². The molecule has 1 N–H and O–H groups in total. The maximum Gasteiger partial charge on any atom is 0.305 e. The Balaban J connectivity index is 3.12. The highest BCUT2D eigenvalue weighted by molar-refractivity contribution is 5.68. The van der Waals surface area contributed by atoms with Crippen molar-refractivity contribution in [3.63, 3.8) is 0 Å². The number of unbranched alkanes of at least 4 members (excludes halogenated alkanes) is 4. The van der Waals surface area contributed by atoms with Crippen molar-refractivity contribution in [1.82, 2.24) is 0 Å².